The Labute approximate surface area is 188 Å². The van der Waals surface area contributed by atoms with Crippen LogP contribution >= 0.6 is 11.8 Å². The molecule has 168 valence electrons. The van der Waals surface area contributed by atoms with Gasteiger partial charge in [0.2, 0.25) is 0 Å². The highest BCUT2D eigenvalue weighted by Gasteiger charge is 2.29. The first-order valence-electron chi connectivity index (χ1n) is 10.8. The van der Waals surface area contributed by atoms with Gasteiger partial charge >= 0.3 is 5.97 Å². The fourth-order valence-corrected chi connectivity index (χ4v) is 4.65. The maximum Gasteiger partial charge on any atom is 0.307 e. The Morgan fingerprint density at radius 3 is 2.52 bits per heavy atom. The predicted octanol–water partition coefficient (Wildman–Crippen LogP) is 5.59. The van der Waals surface area contributed by atoms with Gasteiger partial charge in [-0.1, -0.05) is 27.7 Å². The van der Waals surface area contributed by atoms with Gasteiger partial charge in [0, 0.05) is 53.6 Å². The van der Waals surface area contributed by atoms with Crippen molar-refractivity contribution in [3.63, 3.8) is 0 Å². The van der Waals surface area contributed by atoms with Crippen LogP contribution in [0.2, 0.25) is 0 Å². The Hall–Kier alpha value is -2.15. The van der Waals surface area contributed by atoms with Crippen LogP contribution in [-0.4, -0.2) is 39.9 Å². The molecule has 31 heavy (non-hydrogen) atoms. The lowest BCUT2D eigenvalue weighted by molar-refractivity contribution is -0.136. The predicted molar refractivity (Wildman–Crippen MR) is 124 cm³/mol. The molecule has 0 atom stereocenters. The van der Waals surface area contributed by atoms with Crippen LogP contribution in [0, 0.1) is 24.1 Å². The van der Waals surface area contributed by atoms with Gasteiger partial charge in [-0.15, -0.1) is 11.8 Å². The summed E-state index contributed by atoms with van der Waals surface area (Å²) < 4.78 is 14.8. The van der Waals surface area contributed by atoms with Crippen molar-refractivity contribution < 1.29 is 14.3 Å². The van der Waals surface area contributed by atoms with E-state index in [1.54, 1.807) is 12.4 Å². The second-order valence-corrected chi connectivity index (χ2v) is 10.5. The number of hydrogen-bond donors (Lipinski definition) is 1. The second-order valence-electron chi connectivity index (χ2n) is 9.52. The number of halogens is 1. The Morgan fingerprint density at radius 2 is 1.94 bits per heavy atom. The number of hydrogen-bond acceptors (Lipinski definition) is 5. The van der Waals surface area contributed by atoms with Crippen LogP contribution in [0.3, 0.4) is 0 Å². The molecule has 2 aromatic heterocycles. The zero-order valence-electron chi connectivity index (χ0n) is 19.0. The van der Waals surface area contributed by atoms with E-state index in [1.165, 1.54) is 17.8 Å². The molecular formula is C24H32FN3O2S. The molecule has 1 N–H and O–H groups in total. The van der Waals surface area contributed by atoms with Gasteiger partial charge in [0.05, 0.1) is 12.1 Å². The van der Waals surface area contributed by atoms with Crippen LogP contribution in [0.1, 0.15) is 51.8 Å². The molecule has 3 rings (SSSR count). The van der Waals surface area contributed by atoms with Crippen LogP contribution in [0.5, 0.6) is 0 Å². The van der Waals surface area contributed by atoms with E-state index in [0.29, 0.717) is 27.8 Å². The van der Waals surface area contributed by atoms with Gasteiger partial charge < -0.3 is 10.0 Å². The van der Waals surface area contributed by atoms with E-state index in [2.05, 4.69) is 42.6 Å². The number of nitrogens with zero attached hydrogens (tertiary/aromatic N) is 3. The fraction of sp³-hybridized carbons (Fsp3) is 0.542. The maximum atomic E-state index is 14.8. The Bertz CT molecular complexity index is 952. The highest BCUT2D eigenvalue weighted by atomic mass is 32.2. The van der Waals surface area contributed by atoms with Crippen LogP contribution in [0.4, 0.5) is 10.1 Å². The quantitative estimate of drug-likeness (QED) is 0.560. The molecule has 0 spiro atoms. The number of carbonyl (C=O) groups is 1. The maximum absolute atomic E-state index is 14.8. The molecule has 1 aliphatic heterocycles. The van der Waals surface area contributed by atoms with Gasteiger partial charge in [0.25, 0.3) is 0 Å². The minimum atomic E-state index is -0.898. The lowest BCUT2D eigenvalue weighted by Crippen LogP contribution is -2.38. The summed E-state index contributed by atoms with van der Waals surface area (Å²) in [6.07, 6.45) is 5.32. The number of aryl methyl sites for hydroxylation is 1. The van der Waals surface area contributed by atoms with Crippen LogP contribution in [0.25, 0.3) is 11.1 Å². The number of carboxylic acid groups (broad SMARTS) is 1. The summed E-state index contributed by atoms with van der Waals surface area (Å²) in [6.45, 7) is 12.2. The van der Waals surface area contributed by atoms with Gasteiger partial charge in [-0.05, 0) is 37.2 Å². The zero-order valence-corrected chi connectivity index (χ0v) is 19.9. The number of pyridine rings is 2. The number of carboxylic acids is 1. The van der Waals surface area contributed by atoms with E-state index in [-0.39, 0.29) is 17.7 Å². The van der Waals surface area contributed by atoms with Gasteiger partial charge in [-0.3, -0.25) is 9.78 Å². The fourth-order valence-electron chi connectivity index (χ4n) is 3.83. The Kier molecular flexibility index (Phi) is 7.24. The lowest BCUT2D eigenvalue weighted by Gasteiger charge is -2.40. The number of aromatic nitrogens is 2. The smallest absolute Gasteiger partial charge is 0.307 e. The molecular weight excluding hydrogens is 413 g/mol. The van der Waals surface area contributed by atoms with Crippen molar-refractivity contribution in [1.29, 1.82) is 0 Å². The van der Waals surface area contributed by atoms with Crippen molar-refractivity contribution >= 4 is 23.4 Å². The lowest BCUT2D eigenvalue weighted by atomic mass is 9.82. The van der Waals surface area contributed by atoms with Crippen LogP contribution < -0.4 is 4.90 Å². The molecule has 3 heterocycles. The first-order valence-corrected chi connectivity index (χ1v) is 11.8. The topological polar surface area (TPSA) is 66.3 Å². The van der Waals surface area contributed by atoms with Gasteiger partial charge in [-0.2, -0.15) is 0 Å². The van der Waals surface area contributed by atoms with Crippen molar-refractivity contribution in [3.05, 3.63) is 35.5 Å². The molecule has 0 amide bonds. The summed E-state index contributed by atoms with van der Waals surface area (Å²) >= 11 is 1.42. The first kappa shape index (κ1) is 23.5. The third-order valence-electron chi connectivity index (χ3n) is 5.80. The molecule has 0 radical (unpaired) electrons. The molecule has 1 aliphatic rings. The molecule has 0 aliphatic carbocycles. The molecule has 0 saturated carbocycles. The number of piperidine rings is 1. The monoisotopic (exact) mass is 445 g/mol. The molecule has 5 nitrogen and oxygen atoms in total. The van der Waals surface area contributed by atoms with Crippen molar-refractivity contribution in [2.75, 3.05) is 23.7 Å². The van der Waals surface area contributed by atoms with Gasteiger partial charge in [0.15, 0.2) is 5.82 Å². The summed E-state index contributed by atoms with van der Waals surface area (Å²) in [5.41, 5.74) is 3.88. The van der Waals surface area contributed by atoms with E-state index in [4.69, 9.17) is 0 Å². The summed E-state index contributed by atoms with van der Waals surface area (Å²) in [5.74, 6) is -0.00672. The minimum Gasteiger partial charge on any atom is -0.481 e. The van der Waals surface area contributed by atoms with E-state index in [0.717, 1.165) is 42.9 Å². The standard InChI is InChI=1S/C24H32FN3O2S/c1-15(2)14-31-23-20(25)10-17(12-27-23)19-13-26-16(3)18(11-21(29)30)22(19)28-8-6-24(4,5)7-9-28/h10,12-13,15H,6-9,11,14H2,1-5H3,(H,29,30). The highest BCUT2D eigenvalue weighted by molar-refractivity contribution is 7.99. The van der Waals surface area contributed by atoms with Gasteiger partial charge in [-0.25, -0.2) is 9.37 Å². The third kappa shape index (κ3) is 5.76. The van der Waals surface area contributed by atoms with Crippen LogP contribution in [0.15, 0.2) is 23.5 Å². The number of rotatable bonds is 7. The minimum absolute atomic E-state index is 0.111. The third-order valence-corrected chi connectivity index (χ3v) is 7.21. The Balaban J connectivity index is 2.05. The molecule has 0 aromatic carbocycles. The summed E-state index contributed by atoms with van der Waals surface area (Å²) in [7, 11) is 0. The molecule has 0 unspecified atom stereocenters. The molecule has 7 heteroatoms. The van der Waals surface area contributed by atoms with Crippen molar-refractivity contribution in [1.82, 2.24) is 9.97 Å². The van der Waals surface area contributed by atoms with Crippen molar-refractivity contribution in [2.24, 2.45) is 11.3 Å². The average molecular weight is 446 g/mol. The average Bonchev–Trinajstić information content (AvgIpc) is 2.68. The Morgan fingerprint density at radius 1 is 1.26 bits per heavy atom. The molecule has 2 aromatic rings. The van der Waals surface area contributed by atoms with Crippen molar-refractivity contribution in [2.45, 2.75) is 58.9 Å². The summed E-state index contributed by atoms with van der Waals surface area (Å²) in [5, 5.41) is 9.91. The van der Waals surface area contributed by atoms with E-state index >= 15 is 0 Å². The SMILES string of the molecule is Cc1ncc(-c2cnc(SCC(C)C)c(F)c2)c(N2CCC(C)(C)CC2)c1CC(=O)O. The highest BCUT2D eigenvalue weighted by Crippen LogP contribution is 2.40. The molecule has 1 saturated heterocycles. The van der Waals surface area contributed by atoms with Crippen molar-refractivity contribution in [3.8, 4) is 11.1 Å². The van der Waals surface area contributed by atoms with E-state index < -0.39 is 5.97 Å². The first-order chi connectivity index (χ1) is 14.6. The number of thioether (sulfide) groups is 1. The zero-order chi connectivity index (χ0) is 22.8. The van der Waals surface area contributed by atoms with E-state index in [1.807, 2.05) is 6.92 Å². The largest absolute Gasteiger partial charge is 0.481 e. The summed E-state index contributed by atoms with van der Waals surface area (Å²) in [6, 6.07) is 1.50. The normalized spacial score (nSPS) is 16.0. The summed E-state index contributed by atoms with van der Waals surface area (Å²) in [4.78, 5) is 22.7. The number of aliphatic carboxylic acids is 1. The van der Waals surface area contributed by atoms with Crippen LogP contribution in [-0.2, 0) is 11.2 Å². The molecule has 1 fully saturated rings. The van der Waals surface area contributed by atoms with Gasteiger partial charge in [0.1, 0.15) is 5.03 Å². The second kappa shape index (κ2) is 9.55. The molecule has 0 bridgehead atoms. The number of anilines is 1. The van der Waals surface area contributed by atoms with E-state index in [9.17, 15) is 14.3 Å².